The van der Waals surface area contributed by atoms with E-state index in [1.54, 1.807) is 0 Å². The highest BCUT2D eigenvalue weighted by Gasteiger charge is 2.36. The van der Waals surface area contributed by atoms with Gasteiger partial charge >= 0.3 is 7.12 Å². The van der Waals surface area contributed by atoms with Crippen LogP contribution in [0.3, 0.4) is 0 Å². The molecule has 0 bridgehead atoms. The zero-order valence-corrected chi connectivity index (χ0v) is 16.8. The predicted molar refractivity (Wildman–Crippen MR) is 99.4 cm³/mol. The zero-order chi connectivity index (χ0) is 18.5. The van der Waals surface area contributed by atoms with Crippen molar-refractivity contribution in [3.63, 3.8) is 0 Å². The van der Waals surface area contributed by atoms with Gasteiger partial charge < -0.3 is 24.1 Å². The van der Waals surface area contributed by atoms with Crippen LogP contribution in [0, 0.1) is 0 Å². The molecule has 0 amide bonds. The summed E-state index contributed by atoms with van der Waals surface area (Å²) in [6.45, 7) is 12.6. The lowest BCUT2D eigenvalue weighted by Crippen LogP contribution is -2.41. The number of hydrogen-bond donors (Lipinski definition) is 2. The second-order valence-corrected chi connectivity index (χ2v) is 12.2. The lowest BCUT2D eigenvalue weighted by atomic mass is 9.82. The van der Waals surface area contributed by atoms with Crippen molar-refractivity contribution in [2.24, 2.45) is 0 Å². The molecule has 1 aromatic heterocycles. The summed E-state index contributed by atoms with van der Waals surface area (Å²) < 4.78 is 11.2. The fourth-order valence-electron chi connectivity index (χ4n) is 1.84. The van der Waals surface area contributed by atoms with Gasteiger partial charge in [-0.3, -0.25) is 0 Å². The minimum atomic E-state index is -1.72. The standard InChI is InChI=1S/C15H30BN3O4Si/c1-15(2,3)24(6,7)23-10-8-9-19(4)14-17-11-12(16(20)21)13(18-14)22-5/h11,20-21H,8-10H2,1-7H3. The molecular formula is C15H30BN3O4Si. The Labute approximate surface area is 146 Å². The summed E-state index contributed by atoms with van der Waals surface area (Å²) in [6, 6.07) is 0. The highest BCUT2D eigenvalue weighted by atomic mass is 28.4. The molecule has 0 aliphatic heterocycles. The van der Waals surface area contributed by atoms with Gasteiger partial charge in [-0.1, -0.05) is 20.8 Å². The van der Waals surface area contributed by atoms with E-state index in [0.29, 0.717) is 12.6 Å². The van der Waals surface area contributed by atoms with Gasteiger partial charge in [0, 0.05) is 26.4 Å². The van der Waals surface area contributed by atoms with Crippen molar-refractivity contribution in [1.82, 2.24) is 9.97 Å². The summed E-state index contributed by atoms with van der Waals surface area (Å²) >= 11 is 0. The van der Waals surface area contributed by atoms with Gasteiger partial charge in [-0.2, -0.15) is 4.98 Å². The molecule has 0 aliphatic rings. The van der Waals surface area contributed by atoms with E-state index >= 15 is 0 Å². The maximum absolute atomic E-state index is 9.25. The second-order valence-electron chi connectivity index (χ2n) is 7.39. The summed E-state index contributed by atoms with van der Waals surface area (Å²) in [5.41, 5.74) is 0.149. The van der Waals surface area contributed by atoms with Gasteiger partial charge in [-0.15, -0.1) is 0 Å². The number of aromatic nitrogens is 2. The van der Waals surface area contributed by atoms with E-state index < -0.39 is 15.4 Å². The zero-order valence-electron chi connectivity index (χ0n) is 15.8. The van der Waals surface area contributed by atoms with Crippen LogP contribution in [0.15, 0.2) is 6.20 Å². The van der Waals surface area contributed by atoms with Crippen molar-refractivity contribution in [3.8, 4) is 5.88 Å². The maximum Gasteiger partial charge on any atom is 0.495 e. The smallest absolute Gasteiger partial charge is 0.481 e. The normalized spacial score (nSPS) is 12.2. The first-order valence-corrected chi connectivity index (χ1v) is 11.0. The van der Waals surface area contributed by atoms with Crippen LogP contribution < -0.4 is 15.1 Å². The Bertz CT molecular complexity index is 538. The number of methoxy groups -OCH3 is 1. The highest BCUT2D eigenvalue weighted by molar-refractivity contribution is 6.74. The van der Waals surface area contributed by atoms with E-state index in [9.17, 15) is 10.0 Å². The van der Waals surface area contributed by atoms with Crippen LogP contribution in [0.4, 0.5) is 5.95 Å². The average Bonchev–Trinajstić information content (AvgIpc) is 2.49. The van der Waals surface area contributed by atoms with Crippen LogP contribution in [0.5, 0.6) is 5.88 Å². The van der Waals surface area contributed by atoms with E-state index in [2.05, 4.69) is 43.8 Å². The maximum atomic E-state index is 9.25. The minimum absolute atomic E-state index is 0.149. The minimum Gasteiger partial charge on any atom is -0.481 e. The largest absolute Gasteiger partial charge is 0.495 e. The number of rotatable bonds is 8. The molecule has 0 saturated carbocycles. The first-order chi connectivity index (χ1) is 11.0. The van der Waals surface area contributed by atoms with Crippen molar-refractivity contribution < 1.29 is 19.2 Å². The lowest BCUT2D eigenvalue weighted by molar-refractivity contribution is 0.284. The fourth-order valence-corrected chi connectivity index (χ4v) is 2.92. The lowest BCUT2D eigenvalue weighted by Gasteiger charge is -2.36. The number of anilines is 1. The molecule has 0 saturated heterocycles. The van der Waals surface area contributed by atoms with E-state index in [4.69, 9.17) is 9.16 Å². The molecule has 0 radical (unpaired) electrons. The van der Waals surface area contributed by atoms with E-state index in [0.717, 1.165) is 13.0 Å². The number of hydrogen-bond acceptors (Lipinski definition) is 7. The quantitative estimate of drug-likeness (QED) is 0.532. The topological polar surface area (TPSA) is 87.9 Å². The molecule has 9 heteroatoms. The monoisotopic (exact) mass is 355 g/mol. The molecule has 0 unspecified atom stereocenters. The Morgan fingerprint density at radius 3 is 2.42 bits per heavy atom. The van der Waals surface area contributed by atoms with E-state index in [-0.39, 0.29) is 16.4 Å². The van der Waals surface area contributed by atoms with Gasteiger partial charge in [0.15, 0.2) is 8.32 Å². The van der Waals surface area contributed by atoms with Crippen molar-refractivity contribution in [2.75, 3.05) is 32.2 Å². The molecule has 0 aromatic carbocycles. The first kappa shape index (κ1) is 20.9. The predicted octanol–water partition coefficient (Wildman–Crippen LogP) is 1.01. The molecular weight excluding hydrogens is 325 g/mol. The van der Waals surface area contributed by atoms with Gasteiger partial charge in [0.25, 0.3) is 0 Å². The number of nitrogens with zero attached hydrogens (tertiary/aromatic N) is 3. The van der Waals surface area contributed by atoms with E-state index in [1.165, 1.54) is 13.3 Å². The third-order valence-electron chi connectivity index (χ3n) is 4.49. The van der Waals surface area contributed by atoms with Gasteiger partial charge in [0.1, 0.15) is 0 Å². The molecule has 0 spiro atoms. The Hall–Kier alpha value is -1.16. The summed E-state index contributed by atoms with van der Waals surface area (Å²) in [5, 5.41) is 18.7. The van der Waals surface area contributed by atoms with Crippen molar-refractivity contribution in [2.45, 2.75) is 45.3 Å². The molecule has 0 aliphatic carbocycles. The Balaban J connectivity index is 2.59. The second kappa shape index (κ2) is 8.28. The van der Waals surface area contributed by atoms with Crippen LogP contribution in [0.1, 0.15) is 27.2 Å². The van der Waals surface area contributed by atoms with Crippen LogP contribution in [0.2, 0.25) is 18.1 Å². The molecule has 1 aromatic rings. The SMILES string of the molecule is COc1nc(N(C)CCCO[Si](C)(C)C(C)(C)C)ncc1B(O)O. The Kier molecular flexibility index (Phi) is 7.21. The summed E-state index contributed by atoms with van der Waals surface area (Å²) in [4.78, 5) is 10.3. The van der Waals surface area contributed by atoms with Gasteiger partial charge in [0.05, 0.1) is 12.6 Å². The van der Waals surface area contributed by atoms with E-state index in [1.807, 2.05) is 11.9 Å². The molecule has 0 atom stereocenters. The summed E-state index contributed by atoms with van der Waals surface area (Å²) in [6.07, 6.45) is 2.23. The third-order valence-corrected chi connectivity index (χ3v) is 9.03. The Morgan fingerprint density at radius 2 is 1.92 bits per heavy atom. The van der Waals surface area contributed by atoms with Crippen LogP contribution >= 0.6 is 0 Å². The first-order valence-electron chi connectivity index (χ1n) is 8.11. The van der Waals surface area contributed by atoms with Crippen LogP contribution in [0.25, 0.3) is 0 Å². The Morgan fingerprint density at radius 1 is 1.29 bits per heavy atom. The molecule has 7 nitrogen and oxygen atoms in total. The third kappa shape index (κ3) is 5.44. The molecule has 1 heterocycles. The summed E-state index contributed by atoms with van der Waals surface area (Å²) in [7, 11) is -0.0510. The van der Waals surface area contributed by atoms with Crippen LogP contribution in [-0.4, -0.2) is 62.8 Å². The fraction of sp³-hybridized carbons (Fsp3) is 0.733. The average molecular weight is 355 g/mol. The van der Waals surface area contributed by atoms with Crippen molar-refractivity contribution >= 4 is 26.8 Å². The van der Waals surface area contributed by atoms with Crippen LogP contribution in [-0.2, 0) is 4.43 Å². The van der Waals surface area contributed by atoms with Gasteiger partial charge in [0.2, 0.25) is 11.8 Å². The summed E-state index contributed by atoms with van der Waals surface area (Å²) in [5.74, 6) is 0.642. The van der Waals surface area contributed by atoms with Gasteiger partial charge in [-0.05, 0) is 24.6 Å². The van der Waals surface area contributed by atoms with Crippen molar-refractivity contribution in [1.29, 1.82) is 0 Å². The highest BCUT2D eigenvalue weighted by Crippen LogP contribution is 2.36. The van der Waals surface area contributed by atoms with Crippen molar-refractivity contribution in [3.05, 3.63) is 6.20 Å². The molecule has 0 fully saturated rings. The molecule has 24 heavy (non-hydrogen) atoms. The molecule has 136 valence electrons. The number of ether oxygens (including phenoxy) is 1. The van der Waals surface area contributed by atoms with Gasteiger partial charge in [-0.25, -0.2) is 4.98 Å². The molecule has 2 N–H and O–H groups in total. The molecule has 1 rings (SSSR count).